The number of nitrogens with one attached hydrogen (secondary N) is 2. The summed E-state index contributed by atoms with van der Waals surface area (Å²) in [6, 6.07) is 35.7. The van der Waals surface area contributed by atoms with E-state index in [1.807, 2.05) is 72.8 Å². The lowest BCUT2D eigenvalue weighted by Gasteiger charge is -2.36. The van der Waals surface area contributed by atoms with Crippen molar-refractivity contribution in [2.75, 3.05) is 66.5 Å². The number of nitrogens with zero attached hydrogens (tertiary/aromatic N) is 6. The topological polar surface area (TPSA) is 157 Å². The Morgan fingerprint density at radius 2 is 1.66 bits per heavy atom. The molecule has 2 saturated heterocycles. The molecule has 0 unspecified atom stereocenters. The lowest BCUT2D eigenvalue weighted by atomic mass is 9.99. The molecule has 0 amide bonds. The van der Waals surface area contributed by atoms with Crippen LogP contribution in [0.4, 0.5) is 22.9 Å². The quantitative estimate of drug-likeness (QED) is 0.0490. The van der Waals surface area contributed by atoms with Gasteiger partial charge >= 0.3 is 0 Å². The lowest BCUT2D eigenvalue weighted by molar-refractivity contribution is -0.384. The maximum Gasteiger partial charge on any atom is 0.293 e. The van der Waals surface area contributed by atoms with Gasteiger partial charge in [0.05, 0.1) is 21.4 Å². The minimum atomic E-state index is -4.30. The van der Waals surface area contributed by atoms with Crippen LogP contribution < -0.4 is 14.9 Å². The fourth-order valence-electron chi connectivity index (χ4n) is 7.94. The first-order valence-electron chi connectivity index (χ1n) is 20.3. The number of aromatic nitrogens is 2. The fourth-order valence-corrected chi connectivity index (χ4v) is 10.2. The molecule has 8 rings (SSSR count). The highest BCUT2D eigenvalue weighted by Gasteiger charge is 2.26. The van der Waals surface area contributed by atoms with E-state index in [1.54, 1.807) is 17.8 Å². The molecule has 61 heavy (non-hydrogen) atoms. The van der Waals surface area contributed by atoms with Crippen LogP contribution in [0.25, 0.3) is 22.0 Å². The molecule has 0 radical (unpaired) electrons. The molecule has 6 aromatic rings. The van der Waals surface area contributed by atoms with Gasteiger partial charge in [-0.25, -0.2) is 18.4 Å². The first-order valence-corrected chi connectivity index (χ1v) is 23.1. The van der Waals surface area contributed by atoms with E-state index >= 15 is 0 Å². The number of aliphatic hydroxyl groups is 1. The Morgan fingerprint density at radius 1 is 0.885 bits per heavy atom. The normalized spacial score (nSPS) is 16.8. The van der Waals surface area contributed by atoms with Gasteiger partial charge in [0, 0.05) is 91.2 Å². The first kappa shape index (κ1) is 42.4. The predicted octanol–water partition coefficient (Wildman–Crippen LogP) is 8.01. The Morgan fingerprint density at radius 3 is 2.39 bits per heavy atom. The molecule has 3 N–H and O–H groups in total. The molecule has 0 spiro atoms. The van der Waals surface area contributed by atoms with E-state index in [0.717, 1.165) is 67.9 Å². The number of nitro benzene ring substituents is 1. The molecule has 2 fully saturated rings. The predicted molar refractivity (Wildman–Crippen MR) is 244 cm³/mol. The molecular weight excluding hydrogens is 832 g/mol. The summed E-state index contributed by atoms with van der Waals surface area (Å²) in [4.78, 5) is 28.3. The number of nitro groups is 1. The van der Waals surface area contributed by atoms with Gasteiger partial charge in [0.2, 0.25) is 0 Å². The number of likely N-dealkylation sites (tertiary alicyclic amines) is 1. The fraction of sp³-hybridized carbons (Fsp3) is 0.289. The number of hydrogen-bond acceptors (Lipinski definition) is 12. The third-order valence-corrected chi connectivity index (χ3v) is 14.0. The number of hydrogen-bond donors (Lipinski definition) is 3. The number of rotatable bonds is 16. The van der Waals surface area contributed by atoms with Crippen molar-refractivity contribution in [3.8, 4) is 11.1 Å². The van der Waals surface area contributed by atoms with Crippen LogP contribution in [-0.2, 0) is 16.6 Å². The summed E-state index contributed by atoms with van der Waals surface area (Å²) in [6.07, 6.45) is 2.35. The van der Waals surface area contributed by atoms with Crippen LogP contribution in [0.15, 0.2) is 131 Å². The van der Waals surface area contributed by atoms with Gasteiger partial charge in [-0.1, -0.05) is 66.2 Å². The summed E-state index contributed by atoms with van der Waals surface area (Å²) in [5.74, 6) is 0.699. The molecule has 5 aromatic carbocycles. The molecular formula is C45H47ClN8O5S2. The van der Waals surface area contributed by atoms with Crippen molar-refractivity contribution in [3.05, 3.63) is 142 Å². The smallest absolute Gasteiger partial charge is 0.293 e. The molecule has 0 saturated carbocycles. The van der Waals surface area contributed by atoms with Crippen molar-refractivity contribution >= 4 is 67.2 Å². The minimum absolute atomic E-state index is 0.0759. The second-order valence-electron chi connectivity index (χ2n) is 15.4. The Bertz CT molecular complexity index is 2580. The van der Waals surface area contributed by atoms with E-state index in [9.17, 15) is 23.6 Å². The summed E-state index contributed by atoms with van der Waals surface area (Å²) in [5, 5.41) is 27.0. The van der Waals surface area contributed by atoms with Crippen molar-refractivity contribution in [1.82, 2.24) is 19.8 Å². The Labute approximate surface area is 365 Å². The van der Waals surface area contributed by atoms with Crippen molar-refractivity contribution in [3.63, 3.8) is 0 Å². The maximum atomic E-state index is 13.8. The van der Waals surface area contributed by atoms with Crippen molar-refractivity contribution < 1.29 is 18.4 Å². The highest BCUT2D eigenvalue weighted by atomic mass is 35.5. The summed E-state index contributed by atoms with van der Waals surface area (Å²) >= 11 is 8.07. The number of benzene rings is 5. The van der Waals surface area contributed by atoms with Gasteiger partial charge in [0.25, 0.3) is 15.7 Å². The first-order chi connectivity index (χ1) is 29.6. The highest BCUT2D eigenvalue weighted by molar-refractivity contribution is 7.99. The Hall–Kier alpha value is -5.29. The van der Waals surface area contributed by atoms with E-state index in [2.05, 4.69) is 52.9 Å². The largest absolute Gasteiger partial charge is 0.392 e. The molecule has 0 bridgehead atoms. The second kappa shape index (κ2) is 19.2. The molecule has 316 valence electrons. The van der Waals surface area contributed by atoms with Crippen LogP contribution in [0, 0.1) is 10.1 Å². The SMILES string of the molecule is O=[N+]([O-])c1cc(S(=O)(=O)Nc2ncnc3cc(N4CCN(Cc5cc(Cl)ccc5-c5ccccc5)CC4)ccc23)ccc1N[C@H](CCN1CC[C@@H](O)C1)CSc1ccccc1. The molecule has 13 nitrogen and oxygen atoms in total. The zero-order valence-electron chi connectivity index (χ0n) is 33.4. The van der Waals surface area contributed by atoms with Crippen LogP contribution in [0.3, 0.4) is 0 Å². The van der Waals surface area contributed by atoms with Gasteiger partial charge < -0.3 is 20.2 Å². The number of fused-ring (bicyclic) bond motifs is 1. The molecule has 0 aliphatic carbocycles. The monoisotopic (exact) mass is 878 g/mol. The van der Waals surface area contributed by atoms with Gasteiger partial charge in [0.1, 0.15) is 12.0 Å². The molecule has 2 aliphatic heterocycles. The zero-order valence-corrected chi connectivity index (χ0v) is 35.8. The number of anilines is 3. The van der Waals surface area contributed by atoms with E-state index in [-0.39, 0.29) is 34.2 Å². The van der Waals surface area contributed by atoms with Crippen molar-refractivity contribution in [2.45, 2.75) is 41.3 Å². The number of aliphatic hydroxyl groups excluding tert-OH is 1. The van der Waals surface area contributed by atoms with Crippen LogP contribution >= 0.6 is 23.4 Å². The van der Waals surface area contributed by atoms with E-state index in [0.29, 0.717) is 41.2 Å². The standard InChI is InChI=1S/C45H47ClN8O5S2/c46-34-11-14-40(32-7-3-1-4-8-32)33(25-34)28-52-21-23-53(24-22-52)36-12-15-41-43(26-36)47-31-48-45(41)50-61(58,59)39-13-16-42(44(27-39)54(56)57)49-35(17-19-51-20-18-37(55)29-51)30-60-38-9-5-2-6-10-38/h1-16,25-27,31,35,37,49,55H,17-24,28-30H2,(H,47,48,50)/t35-,37-/m1/s1. The van der Waals surface area contributed by atoms with Crippen molar-refractivity contribution in [2.24, 2.45) is 0 Å². The van der Waals surface area contributed by atoms with E-state index < -0.39 is 14.9 Å². The van der Waals surface area contributed by atoms with Crippen molar-refractivity contribution in [1.29, 1.82) is 0 Å². The third kappa shape index (κ3) is 10.6. The average molecular weight is 880 g/mol. The summed E-state index contributed by atoms with van der Waals surface area (Å²) in [7, 11) is -4.30. The van der Waals surface area contributed by atoms with Gasteiger partial charge in [-0.15, -0.1) is 11.8 Å². The molecule has 2 atom stereocenters. The molecule has 1 aromatic heterocycles. The number of halogens is 1. The Balaban J connectivity index is 0.939. The van der Waals surface area contributed by atoms with Gasteiger partial charge in [0.15, 0.2) is 5.82 Å². The second-order valence-corrected chi connectivity index (χ2v) is 18.6. The number of piperazine rings is 1. The van der Waals surface area contributed by atoms with E-state index in [4.69, 9.17) is 11.6 Å². The van der Waals surface area contributed by atoms with Crippen LogP contribution in [0.5, 0.6) is 0 Å². The van der Waals surface area contributed by atoms with Gasteiger partial charge in [-0.05, 0) is 84.1 Å². The number of thioether (sulfide) groups is 1. The third-order valence-electron chi connectivity index (χ3n) is 11.2. The zero-order chi connectivity index (χ0) is 42.3. The van der Waals surface area contributed by atoms with E-state index in [1.165, 1.54) is 29.6 Å². The maximum absolute atomic E-state index is 13.8. The average Bonchev–Trinajstić information content (AvgIpc) is 3.70. The highest BCUT2D eigenvalue weighted by Crippen LogP contribution is 2.33. The summed E-state index contributed by atoms with van der Waals surface area (Å²) in [5.41, 5.74) is 4.91. The lowest BCUT2D eigenvalue weighted by Crippen LogP contribution is -2.46. The van der Waals surface area contributed by atoms with Gasteiger partial charge in [-0.3, -0.25) is 19.7 Å². The van der Waals surface area contributed by atoms with Crippen LogP contribution in [0.1, 0.15) is 18.4 Å². The van der Waals surface area contributed by atoms with Crippen LogP contribution in [0.2, 0.25) is 5.02 Å². The Kier molecular flexibility index (Phi) is 13.3. The number of β-amino-alcohol motifs (C(OH)–C–C–N with tert-alkyl or cyclic N) is 1. The molecule has 16 heteroatoms. The summed E-state index contributed by atoms with van der Waals surface area (Å²) in [6.45, 7) is 6.13. The number of sulfonamides is 1. The minimum Gasteiger partial charge on any atom is -0.392 e. The summed E-state index contributed by atoms with van der Waals surface area (Å²) < 4.78 is 30.2. The van der Waals surface area contributed by atoms with Crippen LogP contribution in [-0.4, -0.2) is 102 Å². The van der Waals surface area contributed by atoms with Gasteiger partial charge in [-0.2, -0.15) is 0 Å². The molecule has 2 aliphatic rings. The molecule has 3 heterocycles.